The van der Waals surface area contributed by atoms with Crippen LogP contribution in [0.4, 0.5) is 0 Å². The molecule has 0 radical (unpaired) electrons. The number of Topliss-reactive ketones (excluding diaryl/α,β-unsaturated/α-hetero) is 1. The molecule has 0 aliphatic heterocycles. The number of hydrogen-bond donors (Lipinski definition) is 2. The van der Waals surface area contributed by atoms with E-state index >= 15 is 0 Å². The van der Waals surface area contributed by atoms with Crippen molar-refractivity contribution in [2.75, 3.05) is 7.11 Å². The van der Waals surface area contributed by atoms with Crippen LogP contribution in [-0.4, -0.2) is 42.8 Å². The first-order valence-electron chi connectivity index (χ1n) is 9.22. The van der Waals surface area contributed by atoms with Crippen LogP contribution in [0.2, 0.25) is 0 Å². The predicted octanol–water partition coefficient (Wildman–Crippen LogP) is 1.29. The van der Waals surface area contributed by atoms with E-state index in [1.165, 1.54) is 7.11 Å². The maximum absolute atomic E-state index is 12.7. The average molecular weight is 374 g/mol. The van der Waals surface area contributed by atoms with Crippen molar-refractivity contribution in [3.05, 3.63) is 35.9 Å². The van der Waals surface area contributed by atoms with E-state index in [2.05, 4.69) is 15.4 Å². The van der Waals surface area contributed by atoms with Gasteiger partial charge in [0, 0.05) is 19.3 Å². The maximum Gasteiger partial charge on any atom is 0.306 e. The summed E-state index contributed by atoms with van der Waals surface area (Å²) in [6, 6.07) is 8.01. The van der Waals surface area contributed by atoms with E-state index < -0.39 is 24.0 Å². The molecule has 1 aliphatic carbocycles. The van der Waals surface area contributed by atoms with Crippen molar-refractivity contribution < 1.29 is 23.9 Å². The van der Waals surface area contributed by atoms with Crippen molar-refractivity contribution in [1.29, 1.82) is 0 Å². The average Bonchev–Trinajstić information content (AvgIpc) is 2.68. The molecule has 2 amide bonds. The normalized spacial score (nSPS) is 17.7. The Morgan fingerprint density at radius 2 is 1.89 bits per heavy atom. The highest BCUT2D eigenvalue weighted by Gasteiger charge is 2.28. The third kappa shape index (κ3) is 6.84. The van der Waals surface area contributed by atoms with Gasteiger partial charge in [-0.25, -0.2) is 0 Å². The molecule has 1 fully saturated rings. The minimum atomic E-state index is -0.813. The van der Waals surface area contributed by atoms with Gasteiger partial charge in [-0.3, -0.25) is 19.2 Å². The second-order valence-corrected chi connectivity index (χ2v) is 6.66. The van der Waals surface area contributed by atoms with Gasteiger partial charge >= 0.3 is 5.97 Å². The van der Waals surface area contributed by atoms with E-state index in [0.717, 1.165) is 18.4 Å². The summed E-state index contributed by atoms with van der Waals surface area (Å²) in [5.74, 6) is -1.25. The number of hydrogen-bond acceptors (Lipinski definition) is 5. The molecule has 2 atom stereocenters. The lowest BCUT2D eigenvalue weighted by atomic mass is 9.93. The number of ether oxygens (including phenoxy) is 1. The van der Waals surface area contributed by atoms with Crippen LogP contribution >= 0.6 is 0 Å². The summed E-state index contributed by atoms with van der Waals surface area (Å²) in [5.41, 5.74) is 0.890. The molecular weight excluding hydrogens is 348 g/mol. The molecule has 0 heterocycles. The summed E-state index contributed by atoms with van der Waals surface area (Å²) in [6.07, 6.45) is 3.03. The Labute approximate surface area is 158 Å². The van der Waals surface area contributed by atoms with Crippen molar-refractivity contribution in [3.63, 3.8) is 0 Å². The smallest absolute Gasteiger partial charge is 0.306 e. The van der Waals surface area contributed by atoms with Gasteiger partial charge in [-0.2, -0.15) is 0 Å². The lowest BCUT2D eigenvalue weighted by Gasteiger charge is -2.25. The zero-order valence-corrected chi connectivity index (χ0v) is 15.5. The molecule has 0 unspecified atom stereocenters. The molecule has 0 saturated heterocycles. The Morgan fingerprint density at radius 1 is 1.15 bits per heavy atom. The Bertz CT molecular complexity index is 674. The van der Waals surface area contributed by atoms with Crippen molar-refractivity contribution >= 4 is 23.6 Å². The summed E-state index contributed by atoms with van der Waals surface area (Å²) in [6.45, 7) is 0. The molecule has 2 N–H and O–H groups in total. The van der Waals surface area contributed by atoms with Gasteiger partial charge in [0.2, 0.25) is 11.8 Å². The van der Waals surface area contributed by atoms with Gasteiger partial charge in [-0.15, -0.1) is 0 Å². The maximum atomic E-state index is 12.7. The van der Waals surface area contributed by atoms with E-state index in [1.807, 2.05) is 30.3 Å². The van der Waals surface area contributed by atoms with Gasteiger partial charge in [0.05, 0.1) is 19.6 Å². The first-order chi connectivity index (χ1) is 13.0. The number of amides is 2. The highest BCUT2D eigenvalue weighted by Crippen LogP contribution is 2.15. The lowest BCUT2D eigenvalue weighted by molar-refractivity contribution is -0.142. The van der Waals surface area contributed by atoms with E-state index in [0.29, 0.717) is 19.3 Å². The minimum Gasteiger partial charge on any atom is -0.469 e. The van der Waals surface area contributed by atoms with Crippen molar-refractivity contribution in [3.8, 4) is 0 Å². The fraction of sp³-hybridized carbons (Fsp3) is 0.500. The van der Waals surface area contributed by atoms with Gasteiger partial charge in [0.1, 0.15) is 6.04 Å². The Kier molecular flexibility index (Phi) is 7.98. The molecule has 0 spiro atoms. The summed E-state index contributed by atoms with van der Waals surface area (Å²) >= 11 is 0. The van der Waals surface area contributed by atoms with Crippen molar-refractivity contribution in [1.82, 2.24) is 10.6 Å². The van der Waals surface area contributed by atoms with E-state index in [-0.39, 0.29) is 24.5 Å². The second kappa shape index (κ2) is 10.4. The molecule has 1 saturated carbocycles. The molecule has 1 aromatic rings. The molecule has 7 nitrogen and oxygen atoms in total. The van der Waals surface area contributed by atoms with Crippen molar-refractivity contribution in [2.45, 2.75) is 57.0 Å². The summed E-state index contributed by atoms with van der Waals surface area (Å²) < 4.78 is 4.53. The van der Waals surface area contributed by atoms with Crippen LogP contribution in [0.5, 0.6) is 0 Å². The van der Waals surface area contributed by atoms with E-state index in [9.17, 15) is 19.2 Å². The number of methoxy groups -OCH3 is 1. The van der Waals surface area contributed by atoms with Gasteiger partial charge < -0.3 is 15.4 Å². The standard InChI is InChI=1S/C20H26N2O5/c1-27-19(25)12-11-18(24)21-16(13-14-7-3-2-4-8-14)20(26)22-15-9-5-6-10-17(15)23/h2-4,7-8,15-16H,5-6,9-13H2,1H3,(H,21,24)(H,22,26)/t15-,16+/m1/s1. The van der Waals surface area contributed by atoms with Crippen LogP contribution in [0.15, 0.2) is 30.3 Å². The second-order valence-electron chi connectivity index (χ2n) is 6.66. The predicted molar refractivity (Wildman–Crippen MR) is 98.7 cm³/mol. The fourth-order valence-electron chi connectivity index (χ4n) is 3.05. The number of ketones is 1. The van der Waals surface area contributed by atoms with Crippen LogP contribution in [-0.2, 0) is 30.3 Å². The quantitative estimate of drug-likeness (QED) is 0.668. The highest BCUT2D eigenvalue weighted by atomic mass is 16.5. The minimum absolute atomic E-state index is 0.0325. The SMILES string of the molecule is COC(=O)CCC(=O)N[C@@H](Cc1ccccc1)C(=O)N[C@@H]1CCCCC1=O. The fourth-order valence-corrected chi connectivity index (χ4v) is 3.05. The lowest BCUT2D eigenvalue weighted by Crippen LogP contribution is -2.53. The molecule has 1 aliphatic rings. The van der Waals surface area contributed by atoms with Crippen LogP contribution in [0, 0.1) is 0 Å². The zero-order chi connectivity index (χ0) is 19.6. The Hall–Kier alpha value is -2.70. The van der Waals surface area contributed by atoms with Crippen LogP contribution in [0.3, 0.4) is 0 Å². The number of rotatable bonds is 8. The monoisotopic (exact) mass is 374 g/mol. The van der Waals surface area contributed by atoms with E-state index in [1.54, 1.807) is 0 Å². The summed E-state index contributed by atoms with van der Waals surface area (Å²) in [5, 5.41) is 5.45. The highest BCUT2D eigenvalue weighted by molar-refractivity contribution is 5.93. The number of nitrogens with one attached hydrogen (secondary N) is 2. The molecule has 1 aromatic carbocycles. The van der Waals surface area contributed by atoms with Crippen LogP contribution in [0.25, 0.3) is 0 Å². The first kappa shape index (κ1) is 20.6. The summed E-state index contributed by atoms with van der Waals surface area (Å²) in [4.78, 5) is 48.1. The first-order valence-corrected chi connectivity index (χ1v) is 9.22. The zero-order valence-electron chi connectivity index (χ0n) is 15.5. The Balaban J connectivity index is 2.01. The molecule has 0 bridgehead atoms. The van der Waals surface area contributed by atoms with E-state index in [4.69, 9.17) is 0 Å². The molecule has 2 rings (SSSR count). The number of carbonyl (C=O) groups excluding carboxylic acids is 4. The molecular formula is C20H26N2O5. The molecule has 7 heteroatoms. The molecule has 146 valence electrons. The van der Waals surface area contributed by atoms with Gasteiger partial charge in [0.25, 0.3) is 0 Å². The number of esters is 1. The number of benzene rings is 1. The summed E-state index contributed by atoms with van der Waals surface area (Å²) in [7, 11) is 1.26. The van der Waals surface area contributed by atoms with Gasteiger partial charge in [0.15, 0.2) is 5.78 Å². The van der Waals surface area contributed by atoms with Crippen LogP contribution < -0.4 is 10.6 Å². The number of carbonyl (C=O) groups is 4. The van der Waals surface area contributed by atoms with Crippen LogP contribution in [0.1, 0.15) is 44.1 Å². The molecule has 27 heavy (non-hydrogen) atoms. The molecule has 0 aromatic heterocycles. The largest absolute Gasteiger partial charge is 0.469 e. The third-order valence-electron chi connectivity index (χ3n) is 4.59. The van der Waals surface area contributed by atoms with Gasteiger partial charge in [-0.05, 0) is 18.4 Å². The van der Waals surface area contributed by atoms with Crippen molar-refractivity contribution in [2.24, 2.45) is 0 Å². The van der Waals surface area contributed by atoms with Gasteiger partial charge in [-0.1, -0.05) is 36.8 Å². The third-order valence-corrected chi connectivity index (χ3v) is 4.59. The topological polar surface area (TPSA) is 102 Å². The Morgan fingerprint density at radius 3 is 2.56 bits per heavy atom.